The van der Waals surface area contributed by atoms with Gasteiger partial charge in [-0.25, -0.2) is 13.8 Å². The Bertz CT molecular complexity index is 1380. The van der Waals surface area contributed by atoms with Crippen molar-refractivity contribution in [3.05, 3.63) is 90.0 Å². The molecule has 3 rings (SSSR count). The molecule has 0 fully saturated rings. The minimum atomic E-state index is -3.76. The molecule has 0 aliphatic heterocycles. The lowest BCUT2D eigenvalue weighted by Gasteiger charge is -2.27. The SMILES string of the molecule is COc1ccc(N([C@@H](C)C(=O)N/N=C\c2ccc(OCC(=O)N[C@@H](C)c3ccccc3)cc2)S(C)(=O)=O)cc1. The molecule has 0 saturated heterocycles. The van der Waals surface area contributed by atoms with Crippen LogP contribution in [0.3, 0.4) is 0 Å². The van der Waals surface area contributed by atoms with Gasteiger partial charge in [-0.15, -0.1) is 0 Å². The number of benzene rings is 3. The van der Waals surface area contributed by atoms with Gasteiger partial charge in [0.25, 0.3) is 11.8 Å². The summed E-state index contributed by atoms with van der Waals surface area (Å²) in [5, 5.41) is 6.83. The van der Waals surface area contributed by atoms with Crippen molar-refractivity contribution >= 4 is 33.7 Å². The van der Waals surface area contributed by atoms with Gasteiger partial charge in [-0.1, -0.05) is 30.3 Å². The molecular weight excluding hydrogens is 520 g/mol. The number of anilines is 1. The summed E-state index contributed by atoms with van der Waals surface area (Å²) in [7, 11) is -2.25. The second kappa shape index (κ2) is 13.4. The number of ether oxygens (including phenoxy) is 2. The van der Waals surface area contributed by atoms with Gasteiger partial charge in [-0.2, -0.15) is 5.10 Å². The summed E-state index contributed by atoms with van der Waals surface area (Å²) >= 11 is 0. The van der Waals surface area contributed by atoms with E-state index in [0.29, 0.717) is 22.7 Å². The summed E-state index contributed by atoms with van der Waals surface area (Å²) in [6.45, 7) is 3.24. The van der Waals surface area contributed by atoms with Gasteiger partial charge >= 0.3 is 0 Å². The normalized spacial score (nSPS) is 12.8. The molecule has 2 atom stereocenters. The van der Waals surface area contributed by atoms with E-state index in [0.717, 1.165) is 16.1 Å². The van der Waals surface area contributed by atoms with Crippen molar-refractivity contribution in [3.63, 3.8) is 0 Å². The minimum absolute atomic E-state index is 0.135. The van der Waals surface area contributed by atoms with Gasteiger partial charge in [0.1, 0.15) is 17.5 Å². The number of nitrogens with one attached hydrogen (secondary N) is 2. The smallest absolute Gasteiger partial charge is 0.263 e. The second-order valence-corrected chi connectivity index (χ2v) is 10.6. The van der Waals surface area contributed by atoms with Gasteiger partial charge in [0.15, 0.2) is 6.61 Å². The maximum atomic E-state index is 12.7. The Labute approximate surface area is 228 Å². The molecule has 0 heterocycles. The zero-order chi connectivity index (χ0) is 28.4. The number of sulfonamides is 1. The molecule has 2 N–H and O–H groups in total. The number of nitrogens with zero attached hydrogens (tertiary/aromatic N) is 2. The number of amides is 2. The van der Waals surface area contributed by atoms with Crippen LogP contribution in [0.1, 0.15) is 31.0 Å². The topological polar surface area (TPSA) is 126 Å². The number of hydrazone groups is 1. The van der Waals surface area contributed by atoms with E-state index >= 15 is 0 Å². The average molecular weight is 553 g/mol. The van der Waals surface area contributed by atoms with Crippen LogP contribution in [-0.4, -0.2) is 52.5 Å². The van der Waals surface area contributed by atoms with Gasteiger partial charge in [-0.3, -0.25) is 13.9 Å². The highest BCUT2D eigenvalue weighted by atomic mass is 32.2. The molecule has 0 aliphatic rings. The van der Waals surface area contributed by atoms with E-state index in [1.165, 1.54) is 20.2 Å². The highest BCUT2D eigenvalue weighted by Gasteiger charge is 2.29. The molecule has 3 aromatic rings. The molecule has 0 aromatic heterocycles. The molecule has 0 saturated carbocycles. The van der Waals surface area contributed by atoms with Crippen LogP contribution < -0.4 is 24.5 Å². The van der Waals surface area contributed by atoms with Crippen molar-refractivity contribution in [2.24, 2.45) is 5.10 Å². The first-order valence-electron chi connectivity index (χ1n) is 12.1. The van der Waals surface area contributed by atoms with Crippen molar-refractivity contribution in [1.82, 2.24) is 10.7 Å². The van der Waals surface area contributed by atoms with Crippen molar-refractivity contribution in [2.75, 3.05) is 24.3 Å². The highest BCUT2D eigenvalue weighted by molar-refractivity contribution is 7.92. The maximum absolute atomic E-state index is 12.7. The maximum Gasteiger partial charge on any atom is 0.263 e. The number of hydrogen-bond acceptors (Lipinski definition) is 7. The Morgan fingerprint density at radius 2 is 1.56 bits per heavy atom. The molecule has 0 aliphatic carbocycles. The van der Waals surface area contributed by atoms with Crippen LogP contribution in [0.25, 0.3) is 0 Å². The zero-order valence-corrected chi connectivity index (χ0v) is 23.0. The highest BCUT2D eigenvalue weighted by Crippen LogP contribution is 2.24. The Kier molecular flexibility index (Phi) is 10.0. The van der Waals surface area contributed by atoms with Crippen LogP contribution in [0.2, 0.25) is 0 Å². The summed E-state index contributed by atoms with van der Waals surface area (Å²) in [6, 6.07) is 21.5. The summed E-state index contributed by atoms with van der Waals surface area (Å²) in [4.78, 5) is 24.9. The number of rotatable bonds is 12. The number of hydrogen-bond donors (Lipinski definition) is 2. The van der Waals surface area contributed by atoms with E-state index in [-0.39, 0.29) is 18.6 Å². The summed E-state index contributed by atoms with van der Waals surface area (Å²) < 4.78 is 36.5. The lowest BCUT2D eigenvalue weighted by atomic mass is 10.1. The summed E-state index contributed by atoms with van der Waals surface area (Å²) in [5.74, 6) is 0.205. The first kappa shape index (κ1) is 29.2. The van der Waals surface area contributed by atoms with Gasteiger partial charge in [-0.05, 0) is 73.5 Å². The van der Waals surface area contributed by atoms with E-state index < -0.39 is 22.0 Å². The van der Waals surface area contributed by atoms with Crippen LogP contribution in [0.15, 0.2) is 84.0 Å². The molecule has 0 unspecified atom stereocenters. The third kappa shape index (κ3) is 8.57. The monoisotopic (exact) mass is 552 g/mol. The Hall–Kier alpha value is -4.38. The lowest BCUT2D eigenvalue weighted by molar-refractivity contribution is -0.124. The zero-order valence-electron chi connectivity index (χ0n) is 22.2. The van der Waals surface area contributed by atoms with E-state index in [2.05, 4.69) is 15.8 Å². The van der Waals surface area contributed by atoms with Crippen molar-refractivity contribution in [1.29, 1.82) is 0 Å². The fraction of sp³-hybridized carbons (Fsp3) is 0.250. The molecule has 206 valence electrons. The molecule has 0 bridgehead atoms. The lowest BCUT2D eigenvalue weighted by Crippen LogP contribution is -2.46. The quantitative estimate of drug-likeness (QED) is 0.262. The largest absolute Gasteiger partial charge is 0.497 e. The fourth-order valence-electron chi connectivity index (χ4n) is 3.71. The molecule has 3 aromatic carbocycles. The van der Waals surface area contributed by atoms with Crippen molar-refractivity contribution in [2.45, 2.75) is 25.9 Å². The predicted octanol–water partition coefficient (Wildman–Crippen LogP) is 3.26. The van der Waals surface area contributed by atoms with Crippen LogP contribution in [0.5, 0.6) is 11.5 Å². The standard InChI is InChI=1S/C28H32N4O6S/c1-20(23-8-6-5-7-9-23)30-27(33)19-38-26-14-10-22(11-15-26)18-29-31-28(34)21(2)32(39(4,35)36)24-12-16-25(37-3)17-13-24/h5-18,20-21H,19H2,1-4H3,(H,30,33)(H,31,34)/b29-18-/t20-,21-/m0/s1. The molecule has 39 heavy (non-hydrogen) atoms. The molecular formula is C28H32N4O6S. The van der Waals surface area contributed by atoms with Crippen molar-refractivity contribution < 1.29 is 27.5 Å². The number of carbonyl (C=O) groups is 2. The minimum Gasteiger partial charge on any atom is -0.497 e. The number of carbonyl (C=O) groups excluding carboxylic acids is 2. The van der Waals surface area contributed by atoms with Gasteiger partial charge in [0, 0.05) is 0 Å². The Morgan fingerprint density at radius 3 is 2.15 bits per heavy atom. The second-order valence-electron chi connectivity index (χ2n) is 8.72. The molecule has 0 radical (unpaired) electrons. The van der Waals surface area contributed by atoms with Crippen LogP contribution >= 0.6 is 0 Å². The van der Waals surface area contributed by atoms with E-state index in [1.807, 2.05) is 37.3 Å². The van der Waals surface area contributed by atoms with Crippen LogP contribution in [0.4, 0.5) is 5.69 Å². The third-order valence-electron chi connectivity index (χ3n) is 5.73. The van der Waals surface area contributed by atoms with Crippen molar-refractivity contribution in [3.8, 4) is 11.5 Å². The molecule has 0 spiro atoms. The number of methoxy groups -OCH3 is 1. The first-order valence-corrected chi connectivity index (χ1v) is 14.0. The van der Waals surface area contributed by atoms with Crippen LogP contribution in [0, 0.1) is 0 Å². The van der Waals surface area contributed by atoms with Crippen LogP contribution in [-0.2, 0) is 19.6 Å². The third-order valence-corrected chi connectivity index (χ3v) is 6.97. The molecule has 10 nitrogen and oxygen atoms in total. The Balaban J connectivity index is 1.52. The Morgan fingerprint density at radius 1 is 0.949 bits per heavy atom. The van der Waals surface area contributed by atoms with E-state index in [1.54, 1.807) is 48.5 Å². The van der Waals surface area contributed by atoms with Gasteiger partial charge in [0.05, 0.1) is 31.3 Å². The van der Waals surface area contributed by atoms with E-state index in [4.69, 9.17) is 9.47 Å². The average Bonchev–Trinajstić information content (AvgIpc) is 2.92. The van der Waals surface area contributed by atoms with Gasteiger partial charge < -0.3 is 14.8 Å². The fourth-order valence-corrected chi connectivity index (χ4v) is 4.88. The first-order chi connectivity index (χ1) is 18.6. The molecule has 2 amide bonds. The van der Waals surface area contributed by atoms with Gasteiger partial charge in [0.2, 0.25) is 10.0 Å². The summed E-state index contributed by atoms with van der Waals surface area (Å²) in [6.07, 6.45) is 2.45. The van der Waals surface area contributed by atoms with E-state index in [9.17, 15) is 18.0 Å². The predicted molar refractivity (Wildman–Crippen MR) is 150 cm³/mol. The summed E-state index contributed by atoms with van der Waals surface area (Å²) in [5.41, 5.74) is 4.36. The molecule has 11 heteroatoms.